The van der Waals surface area contributed by atoms with Gasteiger partial charge in [0.1, 0.15) is 11.4 Å². The molecule has 0 aliphatic rings. The molecule has 4 aromatic rings. The molecular formula is C25H23ClN4O4S. The van der Waals surface area contributed by atoms with E-state index in [0.717, 1.165) is 28.2 Å². The second-order valence-electron chi connectivity index (χ2n) is 7.51. The summed E-state index contributed by atoms with van der Waals surface area (Å²) in [5.41, 5.74) is 2.32. The van der Waals surface area contributed by atoms with Gasteiger partial charge in [-0.1, -0.05) is 29.8 Å². The summed E-state index contributed by atoms with van der Waals surface area (Å²) >= 11 is 7.02. The monoisotopic (exact) mass is 510 g/mol. The Kier molecular flexibility index (Phi) is 7.57. The van der Waals surface area contributed by atoms with E-state index in [0.29, 0.717) is 34.7 Å². The van der Waals surface area contributed by atoms with Crippen LogP contribution in [0.1, 0.15) is 19.4 Å². The number of rotatable bonds is 9. The number of benzene rings is 2. The van der Waals surface area contributed by atoms with Crippen LogP contribution < -0.4 is 0 Å². The molecule has 0 saturated carbocycles. The van der Waals surface area contributed by atoms with Crippen molar-refractivity contribution >= 4 is 52.3 Å². The van der Waals surface area contributed by atoms with Crippen LogP contribution in [0.4, 0.5) is 0 Å². The van der Waals surface area contributed by atoms with E-state index in [9.17, 15) is 14.7 Å². The fourth-order valence-electron chi connectivity index (χ4n) is 3.70. The minimum absolute atomic E-state index is 0.0341. The summed E-state index contributed by atoms with van der Waals surface area (Å²) in [4.78, 5) is 24.3. The maximum absolute atomic E-state index is 12.2. The standard InChI is InChI=1S/C25H23ClN4O4S/c1-3-30-23(16-9-11-18(26)12-10-16)27-28-25(30)35-21(24(32)33)13-17-14-29(15-22(31)34-4-2)20-8-6-5-7-19(17)20/h5-14H,3-4,15H2,1-2H3,(H,32,33)/b21-13-. The highest BCUT2D eigenvalue weighted by Crippen LogP contribution is 2.32. The first kappa shape index (κ1) is 24.6. The third kappa shape index (κ3) is 5.41. The summed E-state index contributed by atoms with van der Waals surface area (Å²) in [5.74, 6) is -0.819. The van der Waals surface area contributed by atoms with Crippen molar-refractivity contribution in [1.29, 1.82) is 0 Å². The lowest BCUT2D eigenvalue weighted by Gasteiger charge is -2.08. The van der Waals surface area contributed by atoms with Crippen molar-refractivity contribution in [2.75, 3.05) is 6.61 Å². The number of esters is 1. The first-order valence-corrected chi connectivity index (χ1v) is 12.2. The summed E-state index contributed by atoms with van der Waals surface area (Å²) in [5, 5.41) is 20.4. The Labute approximate surface area is 211 Å². The first-order valence-electron chi connectivity index (χ1n) is 11.0. The molecule has 0 aliphatic heterocycles. The maximum atomic E-state index is 12.2. The van der Waals surface area contributed by atoms with Gasteiger partial charge in [0.25, 0.3) is 0 Å². The van der Waals surface area contributed by atoms with Crippen molar-refractivity contribution in [2.45, 2.75) is 32.1 Å². The summed E-state index contributed by atoms with van der Waals surface area (Å²) in [6.45, 7) is 4.58. The van der Waals surface area contributed by atoms with Gasteiger partial charge >= 0.3 is 11.9 Å². The molecule has 0 radical (unpaired) electrons. The van der Waals surface area contributed by atoms with E-state index in [1.807, 2.05) is 47.9 Å². The lowest BCUT2D eigenvalue weighted by atomic mass is 10.1. The SMILES string of the molecule is CCOC(=O)Cn1cc(/C=C(\Sc2nnc(-c3ccc(Cl)cc3)n2CC)C(=O)O)c2ccccc21. The number of carbonyl (C=O) groups excluding carboxylic acids is 1. The van der Waals surface area contributed by atoms with Gasteiger partial charge in [-0.2, -0.15) is 0 Å². The van der Waals surface area contributed by atoms with Gasteiger partial charge in [0, 0.05) is 39.8 Å². The van der Waals surface area contributed by atoms with Crippen LogP contribution in [-0.4, -0.2) is 43.0 Å². The van der Waals surface area contributed by atoms with Crippen molar-refractivity contribution in [3.63, 3.8) is 0 Å². The maximum Gasteiger partial charge on any atom is 0.342 e. The van der Waals surface area contributed by atoms with Gasteiger partial charge in [-0.15, -0.1) is 10.2 Å². The quantitative estimate of drug-likeness (QED) is 0.184. The van der Waals surface area contributed by atoms with Crippen LogP contribution >= 0.6 is 23.4 Å². The van der Waals surface area contributed by atoms with Crippen LogP contribution in [0.15, 0.2) is 64.8 Å². The molecule has 180 valence electrons. The Balaban J connectivity index is 1.71. The van der Waals surface area contributed by atoms with E-state index in [2.05, 4.69) is 10.2 Å². The summed E-state index contributed by atoms with van der Waals surface area (Å²) in [7, 11) is 0. The molecule has 2 heterocycles. The molecule has 8 nitrogen and oxygen atoms in total. The largest absolute Gasteiger partial charge is 0.477 e. The third-order valence-electron chi connectivity index (χ3n) is 5.26. The highest BCUT2D eigenvalue weighted by molar-refractivity contribution is 8.04. The first-order chi connectivity index (χ1) is 16.9. The number of carboxylic acids is 1. The van der Waals surface area contributed by atoms with Crippen LogP contribution in [0, 0.1) is 0 Å². The average Bonchev–Trinajstić information content (AvgIpc) is 3.40. The van der Waals surface area contributed by atoms with Gasteiger partial charge in [-0.05, 0) is 62.0 Å². The minimum Gasteiger partial charge on any atom is -0.477 e. The number of aromatic nitrogens is 4. The minimum atomic E-state index is -1.09. The number of fused-ring (bicyclic) bond motifs is 1. The Hall–Kier alpha value is -3.56. The van der Waals surface area contributed by atoms with E-state index >= 15 is 0 Å². The molecule has 0 unspecified atom stereocenters. The van der Waals surface area contributed by atoms with Gasteiger partial charge in [-0.25, -0.2) is 4.79 Å². The van der Waals surface area contributed by atoms with E-state index in [-0.39, 0.29) is 17.4 Å². The molecule has 2 aromatic heterocycles. The number of para-hydroxylation sites is 1. The summed E-state index contributed by atoms with van der Waals surface area (Å²) in [6, 6.07) is 14.7. The van der Waals surface area contributed by atoms with Crippen LogP contribution in [0.25, 0.3) is 28.4 Å². The number of hydrogen-bond acceptors (Lipinski definition) is 6. The van der Waals surface area contributed by atoms with Crippen molar-refractivity contribution in [3.05, 3.63) is 70.2 Å². The zero-order valence-electron chi connectivity index (χ0n) is 19.1. The smallest absolute Gasteiger partial charge is 0.342 e. The summed E-state index contributed by atoms with van der Waals surface area (Å²) < 4.78 is 8.69. The fraction of sp³-hybridized carbons (Fsp3) is 0.200. The Bertz CT molecular complexity index is 1410. The Morgan fingerprint density at radius 3 is 2.54 bits per heavy atom. The number of aliphatic carboxylic acids is 1. The molecule has 0 amide bonds. The number of hydrogen-bond donors (Lipinski definition) is 1. The van der Waals surface area contributed by atoms with Gasteiger partial charge < -0.3 is 19.0 Å². The van der Waals surface area contributed by atoms with E-state index in [1.54, 1.807) is 35.9 Å². The zero-order valence-corrected chi connectivity index (χ0v) is 20.7. The molecule has 35 heavy (non-hydrogen) atoms. The molecular weight excluding hydrogens is 488 g/mol. The average molecular weight is 511 g/mol. The Morgan fingerprint density at radius 1 is 1.11 bits per heavy atom. The lowest BCUT2D eigenvalue weighted by Crippen LogP contribution is -2.12. The predicted octanol–water partition coefficient (Wildman–Crippen LogP) is 5.35. The molecule has 10 heteroatoms. The normalized spacial score (nSPS) is 11.7. The van der Waals surface area contributed by atoms with Crippen LogP contribution in [0.5, 0.6) is 0 Å². The zero-order chi connectivity index (χ0) is 24.9. The molecule has 0 atom stereocenters. The molecule has 0 bridgehead atoms. The lowest BCUT2D eigenvalue weighted by molar-refractivity contribution is -0.143. The number of carbonyl (C=O) groups is 2. The van der Waals surface area contributed by atoms with E-state index in [4.69, 9.17) is 16.3 Å². The number of ether oxygens (including phenoxy) is 1. The molecule has 0 fully saturated rings. The van der Waals surface area contributed by atoms with Gasteiger partial charge in [0.15, 0.2) is 11.0 Å². The molecule has 0 saturated heterocycles. The number of thioether (sulfide) groups is 1. The topological polar surface area (TPSA) is 99.2 Å². The van der Waals surface area contributed by atoms with Crippen LogP contribution in [-0.2, 0) is 27.4 Å². The number of nitrogens with zero attached hydrogens (tertiary/aromatic N) is 4. The third-order valence-corrected chi connectivity index (χ3v) is 6.51. The van der Waals surface area contributed by atoms with Crippen molar-refractivity contribution in [1.82, 2.24) is 19.3 Å². The Morgan fingerprint density at radius 2 is 1.86 bits per heavy atom. The van der Waals surface area contributed by atoms with E-state index in [1.165, 1.54) is 0 Å². The van der Waals surface area contributed by atoms with Gasteiger partial charge in [-0.3, -0.25) is 4.79 Å². The predicted molar refractivity (Wildman–Crippen MR) is 136 cm³/mol. The number of halogens is 1. The molecule has 2 aromatic carbocycles. The number of carboxylic acid groups (broad SMARTS) is 1. The molecule has 0 aliphatic carbocycles. The second-order valence-corrected chi connectivity index (χ2v) is 8.95. The highest BCUT2D eigenvalue weighted by atomic mass is 35.5. The summed E-state index contributed by atoms with van der Waals surface area (Å²) in [6.07, 6.45) is 3.35. The fourth-order valence-corrected chi connectivity index (χ4v) is 4.71. The van der Waals surface area contributed by atoms with Crippen LogP contribution in [0.3, 0.4) is 0 Å². The van der Waals surface area contributed by atoms with Crippen LogP contribution in [0.2, 0.25) is 5.02 Å². The van der Waals surface area contributed by atoms with Gasteiger partial charge in [0.2, 0.25) is 0 Å². The van der Waals surface area contributed by atoms with E-state index < -0.39 is 5.97 Å². The van der Waals surface area contributed by atoms with Crippen molar-refractivity contribution in [2.24, 2.45) is 0 Å². The van der Waals surface area contributed by atoms with Crippen molar-refractivity contribution < 1.29 is 19.4 Å². The highest BCUT2D eigenvalue weighted by Gasteiger charge is 2.19. The van der Waals surface area contributed by atoms with Crippen molar-refractivity contribution in [3.8, 4) is 11.4 Å². The molecule has 1 N–H and O–H groups in total. The molecule has 4 rings (SSSR count). The second kappa shape index (κ2) is 10.8. The van der Waals surface area contributed by atoms with Gasteiger partial charge in [0.05, 0.1) is 6.61 Å². The molecule has 0 spiro atoms.